The zero-order valence-corrected chi connectivity index (χ0v) is 15.4. The maximum absolute atomic E-state index is 12.9. The van der Waals surface area contributed by atoms with Gasteiger partial charge in [0.05, 0.1) is 6.54 Å². The van der Waals surface area contributed by atoms with Gasteiger partial charge in [0.1, 0.15) is 5.82 Å². The lowest BCUT2D eigenvalue weighted by Gasteiger charge is -2.30. The molecule has 3 rings (SSSR count). The van der Waals surface area contributed by atoms with Gasteiger partial charge in [-0.05, 0) is 67.3 Å². The molecule has 0 aliphatic carbocycles. The highest BCUT2D eigenvalue weighted by Crippen LogP contribution is 2.19. The van der Waals surface area contributed by atoms with E-state index in [-0.39, 0.29) is 24.2 Å². The molecule has 2 amide bonds. The number of amides is 2. The number of hydrogen-bond donors (Lipinski definition) is 2. The van der Waals surface area contributed by atoms with Gasteiger partial charge in [0.25, 0.3) is 5.91 Å². The number of piperidine rings is 1. The fourth-order valence-electron chi connectivity index (χ4n) is 3.05. The van der Waals surface area contributed by atoms with Gasteiger partial charge in [-0.2, -0.15) is 0 Å². The van der Waals surface area contributed by atoms with Gasteiger partial charge in [-0.3, -0.25) is 9.59 Å². The quantitative estimate of drug-likeness (QED) is 0.844. The van der Waals surface area contributed by atoms with Gasteiger partial charge in [0, 0.05) is 30.0 Å². The van der Waals surface area contributed by atoms with Crippen molar-refractivity contribution in [1.82, 2.24) is 4.90 Å². The minimum Gasteiger partial charge on any atom is -0.376 e. The Hall–Kier alpha value is -2.89. The van der Waals surface area contributed by atoms with Gasteiger partial charge in [-0.1, -0.05) is 6.92 Å². The molecule has 0 atom stereocenters. The summed E-state index contributed by atoms with van der Waals surface area (Å²) in [4.78, 5) is 26.4. The van der Waals surface area contributed by atoms with Crippen molar-refractivity contribution < 1.29 is 14.0 Å². The van der Waals surface area contributed by atoms with Crippen molar-refractivity contribution in [3.8, 4) is 0 Å². The summed E-state index contributed by atoms with van der Waals surface area (Å²) in [6.07, 6.45) is 2.09. The van der Waals surface area contributed by atoms with Crippen LogP contribution in [0, 0.1) is 11.7 Å². The van der Waals surface area contributed by atoms with Gasteiger partial charge in [0.15, 0.2) is 0 Å². The monoisotopic (exact) mass is 369 g/mol. The first kappa shape index (κ1) is 18.9. The molecule has 1 heterocycles. The SMILES string of the molecule is CC1CCN(C(=O)c2ccc(NC(=O)CNc3ccc(F)cc3)cc2)CC1. The molecule has 0 spiro atoms. The van der Waals surface area contributed by atoms with Gasteiger partial charge >= 0.3 is 0 Å². The highest BCUT2D eigenvalue weighted by atomic mass is 19.1. The molecule has 2 aromatic rings. The van der Waals surface area contributed by atoms with E-state index in [9.17, 15) is 14.0 Å². The molecule has 0 bridgehead atoms. The number of nitrogens with one attached hydrogen (secondary N) is 2. The van der Waals surface area contributed by atoms with Gasteiger partial charge in [0.2, 0.25) is 5.91 Å². The number of benzene rings is 2. The highest BCUT2D eigenvalue weighted by molar-refractivity contribution is 5.96. The van der Waals surface area contributed by atoms with E-state index in [1.165, 1.54) is 12.1 Å². The van der Waals surface area contributed by atoms with Gasteiger partial charge in [-0.25, -0.2) is 4.39 Å². The summed E-state index contributed by atoms with van der Waals surface area (Å²) in [5, 5.41) is 5.70. The number of carbonyl (C=O) groups excluding carboxylic acids is 2. The van der Waals surface area contributed by atoms with Crippen LogP contribution in [0.1, 0.15) is 30.1 Å². The van der Waals surface area contributed by atoms with Crippen LogP contribution in [0.25, 0.3) is 0 Å². The van der Waals surface area contributed by atoms with Crippen LogP contribution < -0.4 is 10.6 Å². The number of rotatable bonds is 5. The fraction of sp³-hybridized carbons (Fsp3) is 0.333. The Balaban J connectivity index is 1.50. The molecule has 1 saturated heterocycles. The van der Waals surface area contributed by atoms with Crippen molar-refractivity contribution in [2.75, 3.05) is 30.3 Å². The Morgan fingerprint density at radius 3 is 2.22 bits per heavy atom. The van der Waals surface area contributed by atoms with E-state index in [4.69, 9.17) is 0 Å². The first-order chi connectivity index (χ1) is 13.0. The lowest BCUT2D eigenvalue weighted by molar-refractivity contribution is -0.114. The smallest absolute Gasteiger partial charge is 0.253 e. The molecule has 0 unspecified atom stereocenters. The Morgan fingerprint density at radius 2 is 1.59 bits per heavy atom. The van der Waals surface area contributed by atoms with Crippen LogP contribution in [0.3, 0.4) is 0 Å². The average molecular weight is 369 g/mol. The van der Waals surface area contributed by atoms with E-state index in [0.29, 0.717) is 22.9 Å². The van der Waals surface area contributed by atoms with E-state index in [1.54, 1.807) is 36.4 Å². The molecule has 142 valence electrons. The molecular weight excluding hydrogens is 345 g/mol. The zero-order valence-electron chi connectivity index (χ0n) is 15.4. The molecule has 6 heteroatoms. The topological polar surface area (TPSA) is 61.4 Å². The second-order valence-electron chi connectivity index (χ2n) is 6.96. The van der Waals surface area contributed by atoms with Crippen molar-refractivity contribution in [2.45, 2.75) is 19.8 Å². The van der Waals surface area contributed by atoms with Crippen molar-refractivity contribution in [3.05, 3.63) is 59.9 Å². The van der Waals surface area contributed by atoms with E-state index in [2.05, 4.69) is 17.6 Å². The van der Waals surface area contributed by atoms with E-state index >= 15 is 0 Å². The number of nitrogens with zero attached hydrogens (tertiary/aromatic N) is 1. The minimum absolute atomic E-state index is 0.0396. The number of likely N-dealkylation sites (tertiary alicyclic amines) is 1. The molecule has 1 fully saturated rings. The lowest BCUT2D eigenvalue weighted by atomic mass is 9.98. The molecule has 2 aromatic carbocycles. The first-order valence-electron chi connectivity index (χ1n) is 9.20. The summed E-state index contributed by atoms with van der Waals surface area (Å²) in [7, 11) is 0. The lowest BCUT2D eigenvalue weighted by Crippen LogP contribution is -2.37. The van der Waals surface area contributed by atoms with E-state index in [0.717, 1.165) is 25.9 Å². The number of carbonyl (C=O) groups is 2. The normalized spacial score (nSPS) is 14.7. The summed E-state index contributed by atoms with van der Waals surface area (Å²) in [6, 6.07) is 12.8. The Morgan fingerprint density at radius 1 is 1.00 bits per heavy atom. The number of anilines is 2. The molecule has 2 N–H and O–H groups in total. The molecule has 27 heavy (non-hydrogen) atoms. The molecule has 1 aliphatic rings. The fourth-order valence-corrected chi connectivity index (χ4v) is 3.05. The summed E-state index contributed by atoms with van der Waals surface area (Å²) in [5.74, 6) is 0.176. The first-order valence-corrected chi connectivity index (χ1v) is 9.20. The van der Waals surface area contributed by atoms with Crippen molar-refractivity contribution in [3.63, 3.8) is 0 Å². The van der Waals surface area contributed by atoms with Crippen LogP contribution in [0.15, 0.2) is 48.5 Å². The van der Waals surface area contributed by atoms with Crippen LogP contribution in [-0.4, -0.2) is 36.3 Å². The zero-order chi connectivity index (χ0) is 19.2. The maximum Gasteiger partial charge on any atom is 0.253 e. The van der Waals surface area contributed by atoms with Crippen LogP contribution in [0.4, 0.5) is 15.8 Å². The van der Waals surface area contributed by atoms with Crippen molar-refractivity contribution in [2.24, 2.45) is 5.92 Å². The summed E-state index contributed by atoms with van der Waals surface area (Å²) in [6.45, 7) is 3.88. The van der Waals surface area contributed by atoms with Gasteiger partial charge in [-0.15, -0.1) is 0 Å². The third kappa shape index (κ3) is 5.29. The summed E-state index contributed by atoms with van der Waals surface area (Å²) in [5.41, 5.74) is 1.93. The molecule has 5 nitrogen and oxygen atoms in total. The van der Waals surface area contributed by atoms with Crippen LogP contribution in [-0.2, 0) is 4.79 Å². The summed E-state index contributed by atoms with van der Waals surface area (Å²) < 4.78 is 12.9. The van der Waals surface area contributed by atoms with Gasteiger partial charge < -0.3 is 15.5 Å². The predicted octanol–water partition coefficient (Wildman–Crippen LogP) is 3.75. The van der Waals surface area contributed by atoms with Crippen molar-refractivity contribution >= 4 is 23.2 Å². The van der Waals surface area contributed by atoms with Crippen LogP contribution >= 0.6 is 0 Å². The van der Waals surface area contributed by atoms with Crippen molar-refractivity contribution in [1.29, 1.82) is 0 Å². The van der Waals surface area contributed by atoms with E-state index in [1.807, 2.05) is 4.90 Å². The number of halogens is 1. The Kier molecular flexibility index (Phi) is 6.06. The third-order valence-electron chi connectivity index (χ3n) is 4.78. The molecule has 0 radical (unpaired) electrons. The second-order valence-corrected chi connectivity index (χ2v) is 6.96. The Labute approximate surface area is 158 Å². The molecular formula is C21H24FN3O2. The Bertz CT molecular complexity index is 782. The minimum atomic E-state index is -0.321. The predicted molar refractivity (Wildman–Crippen MR) is 104 cm³/mol. The van der Waals surface area contributed by atoms with E-state index < -0.39 is 0 Å². The maximum atomic E-state index is 12.9. The number of hydrogen-bond acceptors (Lipinski definition) is 3. The third-order valence-corrected chi connectivity index (χ3v) is 4.78. The second kappa shape index (κ2) is 8.66. The van der Waals surface area contributed by atoms with Crippen LogP contribution in [0.5, 0.6) is 0 Å². The largest absolute Gasteiger partial charge is 0.376 e. The highest BCUT2D eigenvalue weighted by Gasteiger charge is 2.21. The molecule has 0 saturated carbocycles. The molecule has 0 aromatic heterocycles. The van der Waals surface area contributed by atoms with Crippen LogP contribution in [0.2, 0.25) is 0 Å². The molecule has 1 aliphatic heterocycles. The average Bonchev–Trinajstić information content (AvgIpc) is 2.68. The summed E-state index contributed by atoms with van der Waals surface area (Å²) >= 11 is 0. The standard InChI is InChI=1S/C21H24FN3O2/c1-15-10-12-25(13-11-15)21(27)16-2-6-19(7-3-16)24-20(26)14-23-18-8-4-17(22)5-9-18/h2-9,15,23H,10-14H2,1H3,(H,24,26).